The van der Waals surface area contributed by atoms with Gasteiger partial charge in [0.05, 0.1) is 6.61 Å². The van der Waals surface area contributed by atoms with E-state index in [0.29, 0.717) is 12.1 Å². The second-order valence-electron chi connectivity index (χ2n) is 9.07. The van der Waals surface area contributed by atoms with Crippen molar-refractivity contribution in [3.8, 4) is 5.75 Å². The van der Waals surface area contributed by atoms with Gasteiger partial charge in [0.15, 0.2) is 0 Å². The van der Waals surface area contributed by atoms with Gasteiger partial charge < -0.3 is 19.7 Å². The van der Waals surface area contributed by atoms with E-state index in [2.05, 4.69) is 31.2 Å². The molecular formula is C31H36BNO4. The largest absolute Gasteiger partial charge is 0.494 e. The molecule has 1 amide bonds. The monoisotopic (exact) mass is 497 g/mol. The van der Waals surface area contributed by atoms with Gasteiger partial charge >= 0.3 is 7.12 Å². The molecular weight excluding hydrogens is 461 g/mol. The lowest BCUT2D eigenvalue weighted by Crippen LogP contribution is -2.29. The Labute approximate surface area is 220 Å². The third kappa shape index (κ3) is 8.20. The molecule has 5 nitrogen and oxygen atoms in total. The molecule has 0 atom stereocenters. The van der Waals surface area contributed by atoms with Crippen molar-refractivity contribution in [2.75, 3.05) is 20.7 Å². The average molecular weight is 497 g/mol. The Kier molecular flexibility index (Phi) is 10.7. The number of carbonyl (C=O) groups is 1. The van der Waals surface area contributed by atoms with Gasteiger partial charge in [-0.05, 0) is 77.2 Å². The number of likely N-dealkylation sites (N-methyl/N-ethyl adjacent to an activating group) is 1. The Morgan fingerprint density at radius 2 is 1.49 bits per heavy atom. The highest BCUT2D eigenvalue weighted by Crippen LogP contribution is 2.34. The number of hydrogen-bond donors (Lipinski definition) is 2. The van der Waals surface area contributed by atoms with Crippen molar-refractivity contribution in [3.63, 3.8) is 0 Å². The van der Waals surface area contributed by atoms with Gasteiger partial charge in [-0.15, -0.1) is 0 Å². The highest BCUT2D eigenvalue weighted by atomic mass is 16.5. The molecule has 2 N–H and O–H groups in total. The van der Waals surface area contributed by atoms with Gasteiger partial charge in [0.2, 0.25) is 5.91 Å². The lowest BCUT2D eigenvalue weighted by atomic mass is 9.79. The fourth-order valence-electron chi connectivity index (χ4n) is 4.11. The highest BCUT2D eigenvalue weighted by Gasteiger charge is 2.15. The summed E-state index contributed by atoms with van der Waals surface area (Å²) in [4.78, 5) is 13.1. The third-order valence-electron chi connectivity index (χ3n) is 6.15. The number of allylic oxidation sites excluding steroid dienone is 2. The molecule has 0 fully saturated rings. The number of unbranched alkanes of at least 4 members (excludes halogenated alkanes) is 2. The van der Waals surface area contributed by atoms with Gasteiger partial charge in [0, 0.05) is 14.1 Å². The highest BCUT2D eigenvalue weighted by molar-refractivity contribution is 6.58. The minimum Gasteiger partial charge on any atom is -0.494 e. The van der Waals surface area contributed by atoms with Crippen LogP contribution in [0.2, 0.25) is 0 Å². The van der Waals surface area contributed by atoms with Crippen molar-refractivity contribution in [3.05, 3.63) is 108 Å². The lowest BCUT2D eigenvalue weighted by molar-refractivity contribution is -0.123. The number of hydrogen-bond acceptors (Lipinski definition) is 4. The number of benzene rings is 3. The predicted octanol–water partition coefficient (Wildman–Crippen LogP) is 4.93. The van der Waals surface area contributed by atoms with E-state index >= 15 is 0 Å². The second-order valence-corrected chi connectivity index (χ2v) is 9.07. The van der Waals surface area contributed by atoms with Gasteiger partial charge in [-0.2, -0.15) is 0 Å². The summed E-state index contributed by atoms with van der Waals surface area (Å²) in [5.41, 5.74) is 6.03. The normalized spacial score (nSPS) is 11.8. The maximum atomic E-state index is 11.6. The van der Waals surface area contributed by atoms with E-state index in [1.165, 1.54) is 5.57 Å². The molecule has 0 aliphatic carbocycles. The van der Waals surface area contributed by atoms with Gasteiger partial charge in [-0.1, -0.05) is 79.7 Å². The zero-order chi connectivity index (χ0) is 26.6. The summed E-state index contributed by atoms with van der Waals surface area (Å²) in [6.45, 7) is 2.77. The van der Waals surface area contributed by atoms with Crippen LogP contribution in [0.1, 0.15) is 49.3 Å². The molecule has 6 heteroatoms. The molecule has 0 saturated heterocycles. The van der Waals surface area contributed by atoms with Crippen molar-refractivity contribution in [2.45, 2.75) is 32.6 Å². The zero-order valence-electron chi connectivity index (χ0n) is 21.9. The summed E-state index contributed by atoms with van der Waals surface area (Å²) in [5, 5.41) is 19.0. The summed E-state index contributed by atoms with van der Waals surface area (Å²) in [6, 6.07) is 25.9. The Morgan fingerprint density at radius 3 is 2.05 bits per heavy atom. The van der Waals surface area contributed by atoms with Gasteiger partial charge in [-0.3, -0.25) is 4.79 Å². The molecule has 3 aromatic carbocycles. The summed E-state index contributed by atoms with van der Waals surface area (Å²) < 4.78 is 5.95. The third-order valence-corrected chi connectivity index (χ3v) is 6.15. The molecule has 0 radical (unpaired) electrons. The van der Waals surface area contributed by atoms with Crippen LogP contribution in [0.15, 0.2) is 91.0 Å². The van der Waals surface area contributed by atoms with E-state index in [-0.39, 0.29) is 5.91 Å². The Morgan fingerprint density at radius 1 is 0.865 bits per heavy atom. The number of ether oxygens (including phenoxy) is 1. The van der Waals surface area contributed by atoms with Crippen LogP contribution in [0.4, 0.5) is 0 Å². The summed E-state index contributed by atoms with van der Waals surface area (Å²) in [5.74, 6) is 0.822. The Hall–Kier alpha value is -3.61. The average Bonchev–Trinajstić information content (AvgIpc) is 2.92. The maximum Gasteiger partial charge on any atom is 0.488 e. The molecule has 0 aliphatic rings. The first-order valence-electron chi connectivity index (χ1n) is 12.8. The molecule has 37 heavy (non-hydrogen) atoms. The summed E-state index contributed by atoms with van der Waals surface area (Å²) in [7, 11) is 2.00. The summed E-state index contributed by atoms with van der Waals surface area (Å²) in [6.07, 6.45) is 7.08. The van der Waals surface area contributed by atoms with E-state index in [1.54, 1.807) is 37.2 Å². The first-order valence-corrected chi connectivity index (χ1v) is 12.8. The minimum atomic E-state index is -1.49. The van der Waals surface area contributed by atoms with Crippen LogP contribution >= 0.6 is 0 Å². The number of amides is 1. The topological polar surface area (TPSA) is 70.0 Å². The smallest absolute Gasteiger partial charge is 0.488 e. The van der Waals surface area contributed by atoms with Crippen LogP contribution in [0.25, 0.3) is 11.1 Å². The van der Waals surface area contributed by atoms with Gasteiger partial charge in [-0.25, -0.2) is 0 Å². The van der Waals surface area contributed by atoms with Crippen molar-refractivity contribution < 1.29 is 19.6 Å². The van der Waals surface area contributed by atoms with E-state index in [9.17, 15) is 14.8 Å². The lowest BCUT2D eigenvalue weighted by Gasteiger charge is -2.17. The minimum absolute atomic E-state index is 0.00480. The molecule has 0 aliphatic heterocycles. The molecule has 0 bridgehead atoms. The Balaban J connectivity index is 1.75. The van der Waals surface area contributed by atoms with Gasteiger partial charge in [0.1, 0.15) is 5.75 Å². The molecule has 0 spiro atoms. The first kappa shape index (κ1) is 28.0. The Bertz CT molecular complexity index is 1180. The van der Waals surface area contributed by atoms with E-state index in [1.807, 2.05) is 48.5 Å². The van der Waals surface area contributed by atoms with Gasteiger partial charge in [0.25, 0.3) is 0 Å². The van der Waals surface area contributed by atoms with Crippen LogP contribution in [0.3, 0.4) is 0 Å². The second kappa shape index (κ2) is 14.2. The molecule has 192 valence electrons. The van der Waals surface area contributed by atoms with E-state index in [0.717, 1.165) is 53.7 Å². The molecule has 3 rings (SSSR count). The van der Waals surface area contributed by atoms with Crippen LogP contribution in [0, 0.1) is 0 Å². The fraction of sp³-hybridized carbons (Fsp3) is 0.258. The van der Waals surface area contributed by atoms with E-state index < -0.39 is 7.12 Å². The van der Waals surface area contributed by atoms with Crippen molar-refractivity contribution in [1.29, 1.82) is 0 Å². The first-order chi connectivity index (χ1) is 17.9. The van der Waals surface area contributed by atoms with Crippen LogP contribution in [0.5, 0.6) is 5.75 Å². The van der Waals surface area contributed by atoms with Crippen molar-refractivity contribution in [1.82, 2.24) is 4.90 Å². The molecule has 0 aromatic heterocycles. The molecule has 3 aromatic rings. The van der Waals surface area contributed by atoms with E-state index in [4.69, 9.17) is 4.74 Å². The summed E-state index contributed by atoms with van der Waals surface area (Å²) >= 11 is 0. The van der Waals surface area contributed by atoms with Crippen molar-refractivity contribution in [2.24, 2.45) is 0 Å². The van der Waals surface area contributed by atoms with Crippen molar-refractivity contribution >= 4 is 29.6 Å². The fourth-order valence-corrected chi connectivity index (χ4v) is 4.11. The van der Waals surface area contributed by atoms with Crippen LogP contribution in [-0.2, 0) is 4.79 Å². The standard InChI is InChI=1S/C31H36BNO4/c1-4-29(24-12-8-7-9-13-24)31(25-15-19-27(20-16-25)32(35)36)26-17-21-28(22-18-26)37-23-11-6-5-10-14-30(34)33(2)3/h7-10,12-22,35-36H,4-6,11,23H2,1-3H3/b14-10+,31-29-. The SMILES string of the molecule is CC/C(=C(/c1ccc(OCCCC/C=C/C(=O)N(C)C)cc1)c1ccc(B(O)O)cc1)c1ccccc1. The molecule has 0 saturated carbocycles. The number of nitrogens with zero attached hydrogens (tertiary/aromatic N) is 1. The number of carbonyl (C=O) groups excluding carboxylic acids is 1. The zero-order valence-corrected chi connectivity index (χ0v) is 21.9. The maximum absolute atomic E-state index is 11.6. The molecule has 0 unspecified atom stereocenters. The van der Waals surface area contributed by atoms with Crippen LogP contribution in [-0.4, -0.2) is 48.7 Å². The predicted molar refractivity (Wildman–Crippen MR) is 153 cm³/mol. The molecule has 0 heterocycles. The van der Waals surface area contributed by atoms with Crippen LogP contribution < -0.4 is 10.2 Å². The number of rotatable bonds is 12. The quantitative estimate of drug-likeness (QED) is 0.161.